The molecule has 0 aliphatic heterocycles. The summed E-state index contributed by atoms with van der Waals surface area (Å²) >= 11 is 0. The number of carbonyl (C=O) groups excluding carboxylic acids is 1. The van der Waals surface area contributed by atoms with Crippen LogP contribution < -0.4 is 5.32 Å². The topological polar surface area (TPSA) is 57.8 Å². The van der Waals surface area contributed by atoms with E-state index in [4.69, 9.17) is 0 Å². The number of hydrogen-bond donors (Lipinski definition) is 1. The molecule has 1 N–H and O–H groups in total. The maximum atomic E-state index is 13.2. The van der Waals surface area contributed by atoms with Crippen LogP contribution in [0, 0.1) is 36.8 Å². The number of aromatic nitrogens is 1. The molecule has 1 amide bonds. The highest BCUT2D eigenvalue weighted by molar-refractivity contribution is 6.01. The quantitative estimate of drug-likeness (QED) is 0.589. The summed E-state index contributed by atoms with van der Waals surface area (Å²) in [5.74, 6) is -1.82. The first-order valence-electron chi connectivity index (χ1n) is 8.87. The Hall–Kier alpha value is -2.94. The standard InChI is InChI=1S/C21H23F2N3O/c1-4-7-26-14(2)8-17(15(26)3)11-18(13-24)21(27)25-6-5-16-9-19(22)12-20(23)10-16/h8-12H,4-7H2,1-3H3,(H,25,27)/b18-11-. The fourth-order valence-electron chi connectivity index (χ4n) is 3.02. The van der Waals surface area contributed by atoms with Gasteiger partial charge in [-0.1, -0.05) is 6.92 Å². The van der Waals surface area contributed by atoms with Crippen molar-refractivity contribution in [3.05, 3.63) is 64.0 Å². The number of halogens is 2. The molecule has 1 aromatic heterocycles. The molecule has 0 unspecified atom stereocenters. The molecule has 2 rings (SSSR count). The Morgan fingerprint density at radius 2 is 1.89 bits per heavy atom. The lowest BCUT2D eigenvalue weighted by Gasteiger charge is -2.07. The third-order valence-electron chi connectivity index (χ3n) is 4.35. The molecule has 2 aromatic rings. The second kappa shape index (κ2) is 9.13. The third-order valence-corrected chi connectivity index (χ3v) is 4.35. The average Bonchev–Trinajstić information content (AvgIpc) is 2.86. The van der Waals surface area contributed by atoms with Gasteiger partial charge in [-0.3, -0.25) is 4.79 Å². The first kappa shape index (κ1) is 20.4. The normalized spacial score (nSPS) is 11.3. The maximum Gasteiger partial charge on any atom is 0.261 e. The average molecular weight is 371 g/mol. The lowest BCUT2D eigenvalue weighted by atomic mass is 10.1. The lowest BCUT2D eigenvalue weighted by molar-refractivity contribution is -0.117. The van der Waals surface area contributed by atoms with Crippen molar-refractivity contribution in [1.29, 1.82) is 5.26 Å². The molecular formula is C21H23F2N3O. The highest BCUT2D eigenvalue weighted by atomic mass is 19.1. The summed E-state index contributed by atoms with van der Waals surface area (Å²) in [5.41, 5.74) is 3.35. The van der Waals surface area contributed by atoms with Gasteiger partial charge in [0.1, 0.15) is 23.3 Å². The van der Waals surface area contributed by atoms with Gasteiger partial charge in [0.05, 0.1) is 0 Å². The van der Waals surface area contributed by atoms with Crippen LogP contribution in [0.15, 0.2) is 29.8 Å². The van der Waals surface area contributed by atoms with Crippen molar-refractivity contribution in [3.8, 4) is 6.07 Å². The zero-order chi connectivity index (χ0) is 20.0. The van der Waals surface area contributed by atoms with Crippen LogP contribution in [0.3, 0.4) is 0 Å². The summed E-state index contributed by atoms with van der Waals surface area (Å²) in [7, 11) is 0. The van der Waals surface area contributed by atoms with Crippen molar-refractivity contribution in [1.82, 2.24) is 9.88 Å². The summed E-state index contributed by atoms with van der Waals surface area (Å²) in [5, 5.41) is 12.0. The number of nitrogens with zero attached hydrogens (tertiary/aromatic N) is 2. The van der Waals surface area contributed by atoms with Crippen LogP contribution in [0.5, 0.6) is 0 Å². The number of amides is 1. The minimum Gasteiger partial charge on any atom is -0.351 e. The largest absolute Gasteiger partial charge is 0.351 e. The van der Waals surface area contributed by atoms with Gasteiger partial charge in [0.2, 0.25) is 0 Å². The van der Waals surface area contributed by atoms with Crippen LogP contribution in [0.4, 0.5) is 8.78 Å². The zero-order valence-corrected chi connectivity index (χ0v) is 15.8. The Kier molecular flexibility index (Phi) is 6.89. The molecule has 0 spiro atoms. The van der Waals surface area contributed by atoms with E-state index in [1.807, 2.05) is 26.0 Å². The van der Waals surface area contributed by atoms with Crippen molar-refractivity contribution in [2.75, 3.05) is 6.54 Å². The monoisotopic (exact) mass is 371 g/mol. The summed E-state index contributed by atoms with van der Waals surface area (Å²) < 4.78 is 28.5. The van der Waals surface area contributed by atoms with Crippen LogP contribution in [-0.2, 0) is 17.8 Å². The molecule has 0 aliphatic rings. The smallest absolute Gasteiger partial charge is 0.261 e. The fraction of sp³-hybridized carbons (Fsp3) is 0.333. The molecule has 0 radical (unpaired) electrons. The van der Waals surface area contributed by atoms with Gasteiger partial charge < -0.3 is 9.88 Å². The predicted octanol–water partition coefficient (Wildman–Crippen LogP) is 4.06. The fourth-order valence-corrected chi connectivity index (χ4v) is 3.02. The summed E-state index contributed by atoms with van der Waals surface area (Å²) in [4.78, 5) is 12.3. The molecule has 27 heavy (non-hydrogen) atoms. The highest BCUT2D eigenvalue weighted by Gasteiger charge is 2.12. The predicted molar refractivity (Wildman–Crippen MR) is 101 cm³/mol. The maximum absolute atomic E-state index is 13.2. The van der Waals surface area contributed by atoms with E-state index in [0.717, 1.165) is 36.0 Å². The molecule has 142 valence electrons. The molecular weight excluding hydrogens is 348 g/mol. The molecule has 6 heteroatoms. The Bertz CT molecular complexity index is 887. The van der Waals surface area contributed by atoms with Gasteiger partial charge in [0.15, 0.2) is 0 Å². The molecule has 0 saturated carbocycles. The van der Waals surface area contributed by atoms with Crippen LogP contribution in [0.1, 0.15) is 35.9 Å². The first-order valence-corrected chi connectivity index (χ1v) is 8.87. The van der Waals surface area contributed by atoms with Crippen molar-refractivity contribution in [2.45, 2.75) is 40.2 Å². The number of nitrogens with one attached hydrogen (secondary N) is 1. The van der Waals surface area contributed by atoms with Gasteiger partial charge in [-0.15, -0.1) is 0 Å². The Morgan fingerprint density at radius 1 is 1.22 bits per heavy atom. The number of benzene rings is 1. The van der Waals surface area contributed by atoms with Crippen LogP contribution >= 0.6 is 0 Å². The summed E-state index contributed by atoms with van der Waals surface area (Å²) in [6.45, 7) is 7.09. The van der Waals surface area contributed by atoms with Crippen molar-refractivity contribution >= 4 is 12.0 Å². The van der Waals surface area contributed by atoms with E-state index in [9.17, 15) is 18.8 Å². The van der Waals surface area contributed by atoms with Crippen molar-refractivity contribution in [3.63, 3.8) is 0 Å². The lowest BCUT2D eigenvalue weighted by Crippen LogP contribution is -2.26. The second-order valence-electron chi connectivity index (χ2n) is 6.43. The van der Waals surface area contributed by atoms with E-state index in [1.54, 1.807) is 6.08 Å². The van der Waals surface area contributed by atoms with Gasteiger partial charge in [0, 0.05) is 30.5 Å². The van der Waals surface area contributed by atoms with Crippen molar-refractivity contribution < 1.29 is 13.6 Å². The molecule has 1 aromatic carbocycles. The Morgan fingerprint density at radius 3 is 2.48 bits per heavy atom. The Balaban J connectivity index is 2.06. The van der Waals surface area contributed by atoms with Crippen LogP contribution in [0.2, 0.25) is 0 Å². The molecule has 0 bridgehead atoms. The molecule has 0 atom stereocenters. The van der Waals surface area contributed by atoms with E-state index in [1.165, 1.54) is 12.1 Å². The second-order valence-corrected chi connectivity index (χ2v) is 6.43. The molecule has 0 saturated heterocycles. The van der Waals surface area contributed by atoms with Gasteiger partial charge >= 0.3 is 0 Å². The minimum atomic E-state index is -0.656. The van der Waals surface area contributed by atoms with Crippen LogP contribution in [0.25, 0.3) is 6.08 Å². The van der Waals surface area contributed by atoms with Crippen molar-refractivity contribution in [2.24, 2.45) is 0 Å². The summed E-state index contributed by atoms with van der Waals surface area (Å²) in [6.07, 6.45) is 2.83. The molecule has 1 heterocycles. The Labute approximate surface area is 158 Å². The van der Waals surface area contributed by atoms with Crippen LogP contribution in [-0.4, -0.2) is 17.0 Å². The minimum absolute atomic E-state index is 0.00262. The van der Waals surface area contributed by atoms with E-state index in [2.05, 4.69) is 16.8 Å². The van der Waals surface area contributed by atoms with E-state index in [0.29, 0.717) is 5.56 Å². The number of hydrogen-bond acceptors (Lipinski definition) is 2. The molecule has 0 aliphatic carbocycles. The van der Waals surface area contributed by atoms with E-state index >= 15 is 0 Å². The van der Waals surface area contributed by atoms with Gasteiger partial charge in [-0.25, -0.2) is 8.78 Å². The number of aryl methyl sites for hydroxylation is 1. The third kappa shape index (κ3) is 5.27. The number of rotatable bonds is 7. The van der Waals surface area contributed by atoms with Gasteiger partial charge in [-0.2, -0.15) is 5.26 Å². The number of carbonyl (C=O) groups is 1. The van der Waals surface area contributed by atoms with Gasteiger partial charge in [-0.05, 0) is 62.1 Å². The van der Waals surface area contributed by atoms with E-state index < -0.39 is 17.5 Å². The summed E-state index contributed by atoms with van der Waals surface area (Å²) in [6, 6.07) is 7.12. The zero-order valence-electron chi connectivity index (χ0n) is 15.8. The van der Waals surface area contributed by atoms with Gasteiger partial charge in [0.25, 0.3) is 5.91 Å². The highest BCUT2D eigenvalue weighted by Crippen LogP contribution is 2.18. The van der Waals surface area contributed by atoms with E-state index in [-0.39, 0.29) is 18.5 Å². The molecule has 4 nitrogen and oxygen atoms in total. The number of nitriles is 1. The molecule has 0 fully saturated rings. The first-order chi connectivity index (χ1) is 12.8. The SMILES string of the molecule is CCCn1c(C)cc(/C=C(/C#N)C(=O)NCCc2cc(F)cc(F)c2)c1C.